The predicted molar refractivity (Wildman–Crippen MR) is 79.6 cm³/mol. The fourth-order valence-electron chi connectivity index (χ4n) is 1.93. The Balaban J connectivity index is 2.25. The van der Waals surface area contributed by atoms with Crippen LogP contribution in [0.15, 0.2) is 17.8 Å². The van der Waals surface area contributed by atoms with Crippen LogP contribution in [0.1, 0.15) is 55.5 Å². The Bertz CT molecular complexity index is 515. The van der Waals surface area contributed by atoms with Gasteiger partial charge < -0.3 is 5.32 Å². The fraction of sp³-hybridized carbons (Fsp3) is 0.571. The Morgan fingerprint density at radius 3 is 2.74 bits per heavy atom. The van der Waals surface area contributed by atoms with Crippen LogP contribution < -0.4 is 5.32 Å². The summed E-state index contributed by atoms with van der Waals surface area (Å²) in [5, 5.41) is 11.2. The molecule has 104 valence electrons. The molecule has 0 aromatic carbocycles. The molecule has 0 saturated heterocycles. The number of nitrogens with one attached hydrogen (secondary N) is 1. The van der Waals surface area contributed by atoms with Crippen molar-refractivity contribution in [2.45, 2.75) is 46.2 Å². The highest BCUT2D eigenvalue weighted by molar-refractivity contribution is 7.09. The first kappa shape index (κ1) is 14.2. The molecule has 1 atom stereocenters. The first-order valence-corrected chi connectivity index (χ1v) is 7.69. The minimum Gasteiger partial charge on any atom is -0.304 e. The zero-order chi connectivity index (χ0) is 13.8. The maximum atomic E-state index is 4.61. The average Bonchev–Trinajstić information content (AvgIpc) is 2.99. The van der Waals surface area contributed by atoms with Crippen LogP contribution >= 0.6 is 11.3 Å². The largest absolute Gasteiger partial charge is 0.304 e. The SMILES string of the molecule is CCCNC(c1cnn(C(C)C)c1)c1nc(C)cs1. The number of aryl methyl sites for hydroxylation is 1. The van der Waals surface area contributed by atoms with E-state index >= 15 is 0 Å². The molecule has 2 aromatic rings. The molecule has 1 unspecified atom stereocenters. The van der Waals surface area contributed by atoms with E-state index in [1.807, 2.05) is 17.8 Å². The smallest absolute Gasteiger partial charge is 0.114 e. The van der Waals surface area contributed by atoms with Gasteiger partial charge in [-0.1, -0.05) is 6.92 Å². The van der Waals surface area contributed by atoms with E-state index in [0.717, 1.165) is 23.7 Å². The minimum atomic E-state index is 0.158. The summed E-state index contributed by atoms with van der Waals surface area (Å²) in [4.78, 5) is 4.61. The molecule has 0 bridgehead atoms. The van der Waals surface area contributed by atoms with Crippen molar-refractivity contribution in [2.24, 2.45) is 0 Å². The number of aromatic nitrogens is 3. The van der Waals surface area contributed by atoms with Gasteiger partial charge >= 0.3 is 0 Å². The Morgan fingerprint density at radius 2 is 2.21 bits per heavy atom. The van der Waals surface area contributed by atoms with Gasteiger partial charge in [-0.25, -0.2) is 4.98 Å². The number of hydrogen-bond acceptors (Lipinski definition) is 4. The molecule has 0 amide bonds. The monoisotopic (exact) mass is 278 g/mol. The van der Waals surface area contributed by atoms with Crippen molar-refractivity contribution in [2.75, 3.05) is 6.54 Å². The van der Waals surface area contributed by atoms with E-state index in [4.69, 9.17) is 0 Å². The molecule has 0 aliphatic rings. The predicted octanol–water partition coefficient (Wildman–Crippen LogP) is 3.32. The van der Waals surface area contributed by atoms with E-state index < -0.39 is 0 Å². The lowest BCUT2D eigenvalue weighted by atomic mass is 10.1. The zero-order valence-electron chi connectivity index (χ0n) is 12.1. The van der Waals surface area contributed by atoms with Gasteiger partial charge in [0.2, 0.25) is 0 Å². The second-order valence-corrected chi connectivity index (χ2v) is 5.95. The topological polar surface area (TPSA) is 42.7 Å². The van der Waals surface area contributed by atoms with E-state index in [2.05, 4.69) is 47.7 Å². The summed E-state index contributed by atoms with van der Waals surface area (Å²) < 4.78 is 2.00. The van der Waals surface area contributed by atoms with Crippen LogP contribution in [0.5, 0.6) is 0 Å². The molecular weight excluding hydrogens is 256 g/mol. The molecule has 4 nitrogen and oxygen atoms in total. The fourth-order valence-corrected chi connectivity index (χ4v) is 2.82. The van der Waals surface area contributed by atoms with Crippen LogP contribution in [-0.4, -0.2) is 21.3 Å². The van der Waals surface area contributed by atoms with Crippen molar-refractivity contribution in [1.82, 2.24) is 20.1 Å². The van der Waals surface area contributed by atoms with E-state index in [1.54, 1.807) is 11.3 Å². The maximum Gasteiger partial charge on any atom is 0.114 e. The van der Waals surface area contributed by atoms with Crippen molar-refractivity contribution in [3.63, 3.8) is 0 Å². The molecule has 2 heterocycles. The van der Waals surface area contributed by atoms with Crippen molar-refractivity contribution in [3.05, 3.63) is 34.0 Å². The molecular formula is C14H22N4S. The highest BCUT2D eigenvalue weighted by Crippen LogP contribution is 2.25. The van der Waals surface area contributed by atoms with Gasteiger partial charge in [0.15, 0.2) is 0 Å². The molecule has 0 spiro atoms. The summed E-state index contributed by atoms with van der Waals surface area (Å²) in [5.74, 6) is 0. The molecule has 0 fully saturated rings. The summed E-state index contributed by atoms with van der Waals surface area (Å²) in [5.41, 5.74) is 2.27. The quantitative estimate of drug-likeness (QED) is 0.881. The van der Waals surface area contributed by atoms with Gasteiger partial charge in [0.05, 0.1) is 12.2 Å². The molecule has 2 aromatic heterocycles. The van der Waals surface area contributed by atoms with Crippen LogP contribution in [0.3, 0.4) is 0 Å². The first-order chi connectivity index (χ1) is 9.11. The van der Waals surface area contributed by atoms with Gasteiger partial charge in [-0.15, -0.1) is 11.3 Å². The third-order valence-corrected chi connectivity index (χ3v) is 3.99. The Kier molecular flexibility index (Phi) is 4.71. The summed E-state index contributed by atoms with van der Waals surface area (Å²) in [6, 6.07) is 0.546. The van der Waals surface area contributed by atoms with Crippen molar-refractivity contribution in [1.29, 1.82) is 0 Å². The lowest BCUT2D eigenvalue weighted by molar-refractivity contribution is 0.530. The summed E-state index contributed by atoms with van der Waals surface area (Å²) in [6.07, 6.45) is 5.18. The van der Waals surface area contributed by atoms with E-state index in [9.17, 15) is 0 Å². The minimum absolute atomic E-state index is 0.158. The van der Waals surface area contributed by atoms with Gasteiger partial charge in [0.25, 0.3) is 0 Å². The Hall–Kier alpha value is -1.20. The maximum absolute atomic E-state index is 4.61. The lowest BCUT2D eigenvalue weighted by Crippen LogP contribution is -2.22. The van der Waals surface area contributed by atoms with Gasteiger partial charge in [-0.2, -0.15) is 5.10 Å². The number of thiazole rings is 1. The highest BCUT2D eigenvalue weighted by Gasteiger charge is 2.18. The van der Waals surface area contributed by atoms with Gasteiger partial charge in [-0.05, 0) is 33.7 Å². The van der Waals surface area contributed by atoms with Crippen LogP contribution in [0, 0.1) is 6.92 Å². The first-order valence-electron chi connectivity index (χ1n) is 6.81. The summed E-state index contributed by atoms with van der Waals surface area (Å²) in [6.45, 7) is 9.47. The van der Waals surface area contributed by atoms with Crippen LogP contribution in [-0.2, 0) is 0 Å². The molecule has 2 rings (SSSR count). The van der Waals surface area contributed by atoms with Gasteiger partial charge in [0, 0.05) is 28.9 Å². The highest BCUT2D eigenvalue weighted by atomic mass is 32.1. The second kappa shape index (κ2) is 6.30. The summed E-state index contributed by atoms with van der Waals surface area (Å²) >= 11 is 1.71. The third-order valence-electron chi connectivity index (χ3n) is 2.97. The van der Waals surface area contributed by atoms with Crippen LogP contribution in [0.25, 0.3) is 0 Å². The molecule has 19 heavy (non-hydrogen) atoms. The number of hydrogen-bond donors (Lipinski definition) is 1. The third kappa shape index (κ3) is 3.42. The van der Waals surface area contributed by atoms with E-state index in [0.29, 0.717) is 6.04 Å². The zero-order valence-corrected chi connectivity index (χ0v) is 12.9. The van der Waals surface area contributed by atoms with Crippen LogP contribution in [0.2, 0.25) is 0 Å². The molecule has 0 aliphatic carbocycles. The Labute approximate surface area is 118 Å². The van der Waals surface area contributed by atoms with Crippen LogP contribution in [0.4, 0.5) is 0 Å². The Morgan fingerprint density at radius 1 is 1.42 bits per heavy atom. The van der Waals surface area contributed by atoms with E-state index in [-0.39, 0.29) is 6.04 Å². The molecule has 0 aliphatic heterocycles. The van der Waals surface area contributed by atoms with Gasteiger partial charge in [-0.3, -0.25) is 4.68 Å². The van der Waals surface area contributed by atoms with Gasteiger partial charge in [0.1, 0.15) is 5.01 Å². The lowest BCUT2D eigenvalue weighted by Gasteiger charge is -2.14. The molecule has 5 heteroatoms. The average molecular weight is 278 g/mol. The molecule has 0 saturated carbocycles. The second-order valence-electron chi connectivity index (χ2n) is 5.06. The van der Waals surface area contributed by atoms with Crippen molar-refractivity contribution in [3.8, 4) is 0 Å². The van der Waals surface area contributed by atoms with Crippen molar-refractivity contribution >= 4 is 11.3 Å². The number of nitrogens with zero attached hydrogens (tertiary/aromatic N) is 3. The molecule has 0 radical (unpaired) electrons. The normalized spacial score (nSPS) is 13.1. The van der Waals surface area contributed by atoms with Crippen molar-refractivity contribution < 1.29 is 0 Å². The molecule has 1 N–H and O–H groups in total. The summed E-state index contributed by atoms with van der Waals surface area (Å²) in [7, 11) is 0. The van der Waals surface area contributed by atoms with E-state index in [1.165, 1.54) is 5.56 Å². The standard InChI is InChI=1S/C14H22N4S/c1-5-6-15-13(14-17-11(4)9-19-14)12-7-16-18(8-12)10(2)3/h7-10,13,15H,5-6H2,1-4H3. The number of rotatable bonds is 6.